The van der Waals surface area contributed by atoms with Crippen molar-refractivity contribution >= 4 is 40.8 Å². The molecule has 2 aromatic rings. The Kier molecular flexibility index (Phi) is 5.21. The number of nitrogens with one attached hydrogen (secondary N) is 2. The maximum atomic E-state index is 13.2. The van der Waals surface area contributed by atoms with Crippen molar-refractivity contribution in [2.24, 2.45) is 0 Å². The lowest BCUT2D eigenvalue weighted by Gasteiger charge is -2.22. The summed E-state index contributed by atoms with van der Waals surface area (Å²) < 4.78 is 13.2. The van der Waals surface area contributed by atoms with Crippen LogP contribution in [0, 0.1) is 15.9 Å². The third-order valence-electron chi connectivity index (χ3n) is 4.43. The molecule has 2 N–H and O–H groups in total. The van der Waals surface area contributed by atoms with Crippen molar-refractivity contribution in [3.63, 3.8) is 0 Å². The quantitative estimate of drug-likeness (QED) is 0.437. The summed E-state index contributed by atoms with van der Waals surface area (Å²) in [5, 5.41) is 16.2. The molecule has 9 nitrogen and oxygen atoms in total. The molecule has 1 unspecified atom stereocenters. The number of hydrogen-bond donors (Lipinski definition) is 2. The van der Waals surface area contributed by atoms with Crippen molar-refractivity contribution in [3.8, 4) is 0 Å². The molecule has 29 heavy (non-hydrogen) atoms. The van der Waals surface area contributed by atoms with E-state index in [1.165, 1.54) is 6.92 Å². The Balaban J connectivity index is 1.78. The van der Waals surface area contributed by atoms with Crippen LogP contribution >= 0.6 is 11.6 Å². The molecule has 1 saturated heterocycles. The topological polar surface area (TPSA) is 122 Å². The lowest BCUT2D eigenvalue weighted by atomic mass is 9.92. The molecule has 0 aliphatic carbocycles. The van der Waals surface area contributed by atoms with Crippen LogP contribution in [0.1, 0.15) is 12.5 Å². The molecule has 0 aromatic heterocycles. The smallest absolute Gasteiger partial charge is 0.319 e. The number of halogens is 2. The molecule has 0 spiro atoms. The predicted octanol–water partition coefficient (Wildman–Crippen LogP) is 2.79. The molecular weight excluding hydrogens is 407 g/mol. The number of benzene rings is 2. The molecule has 1 aliphatic rings. The maximum Gasteiger partial charge on any atom is 0.325 e. The zero-order chi connectivity index (χ0) is 21.3. The summed E-state index contributed by atoms with van der Waals surface area (Å²) in [5.41, 5.74) is -1.84. The van der Waals surface area contributed by atoms with Crippen molar-refractivity contribution in [2.75, 3.05) is 11.9 Å². The van der Waals surface area contributed by atoms with Gasteiger partial charge in [-0.25, -0.2) is 9.18 Å². The first-order chi connectivity index (χ1) is 13.6. The van der Waals surface area contributed by atoms with E-state index in [2.05, 4.69) is 10.6 Å². The van der Waals surface area contributed by atoms with Gasteiger partial charge in [-0.05, 0) is 36.8 Å². The van der Waals surface area contributed by atoms with Crippen LogP contribution in [0.2, 0.25) is 5.02 Å². The highest BCUT2D eigenvalue weighted by Crippen LogP contribution is 2.30. The Morgan fingerprint density at radius 3 is 2.55 bits per heavy atom. The van der Waals surface area contributed by atoms with Crippen molar-refractivity contribution in [3.05, 3.63) is 69.0 Å². The first-order valence-electron chi connectivity index (χ1n) is 8.26. The van der Waals surface area contributed by atoms with Gasteiger partial charge in [-0.15, -0.1) is 0 Å². The Morgan fingerprint density at radius 1 is 1.28 bits per heavy atom. The number of nitro benzene ring substituents is 1. The lowest BCUT2D eigenvalue weighted by molar-refractivity contribution is -0.384. The van der Waals surface area contributed by atoms with Gasteiger partial charge in [-0.2, -0.15) is 0 Å². The van der Waals surface area contributed by atoms with E-state index in [0.29, 0.717) is 21.6 Å². The Labute approximate surface area is 168 Å². The normalized spacial score (nSPS) is 18.5. The van der Waals surface area contributed by atoms with Crippen LogP contribution in [-0.2, 0) is 15.1 Å². The number of rotatable bonds is 5. The monoisotopic (exact) mass is 420 g/mol. The summed E-state index contributed by atoms with van der Waals surface area (Å²) in [5.74, 6) is -2.38. The van der Waals surface area contributed by atoms with Crippen molar-refractivity contribution < 1.29 is 23.7 Å². The largest absolute Gasteiger partial charge is 0.325 e. The highest BCUT2D eigenvalue weighted by Gasteiger charge is 2.49. The molecule has 4 amide bonds. The van der Waals surface area contributed by atoms with Crippen LogP contribution in [0.15, 0.2) is 42.5 Å². The van der Waals surface area contributed by atoms with E-state index >= 15 is 0 Å². The number of hydrogen-bond acceptors (Lipinski definition) is 5. The molecule has 3 rings (SSSR count). The number of imide groups is 1. The van der Waals surface area contributed by atoms with Crippen LogP contribution in [0.3, 0.4) is 0 Å². The summed E-state index contributed by atoms with van der Waals surface area (Å²) in [6.07, 6.45) is 0. The Morgan fingerprint density at radius 2 is 1.93 bits per heavy atom. The zero-order valence-corrected chi connectivity index (χ0v) is 15.7. The maximum absolute atomic E-state index is 13.2. The summed E-state index contributed by atoms with van der Waals surface area (Å²) in [6, 6.07) is 8.09. The fourth-order valence-electron chi connectivity index (χ4n) is 2.91. The highest BCUT2D eigenvalue weighted by atomic mass is 35.5. The molecule has 2 aromatic carbocycles. The average molecular weight is 421 g/mol. The molecule has 0 bridgehead atoms. The number of nitro groups is 1. The van der Waals surface area contributed by atoms with Crippen molar-refractivity contribution in [1.29, 1.82) is 0 Å². The number of carbonyl (C=O) groups is 3. The summed E-state index contributed by atoms with van der Waals surface area (Å²) in [4.78, 5) is 48.2. The van der Waals surface area contributed by atoms with E-state index in [1.54, 1.807) is 24.3 Å². The van der Waals surface area contributed by atoms with Gasteiger partial charge in [-0.1, -0.05) is 23.7 Å². The van der Waals surface area contributed by atoms with E-state index in [-0.39, 0.29) is 5.69 Å². The van der Waals surface area contributed by atoms with Gasteiger partial charge in [0.15, 0.2) is 0 Å². The number of anilines is 1. The van der Waals surface area contributed by atoms with E-state index in [9.17, 15) is 28.9 Å². The fourth-order valence-corrected chi connectivity index (χ4v) is 3.04. The van der Waals surface area contributed by atoms with E-state index in [0.717, 1.165) is 12.1 Å². The average Bonchev–Trinajstić information content (AvgIpc) is 2.87. The van der Waals surface area contributed by atoms with Gasteiger partial charge in [0.25, 0.3) is 11.6 Å². The minimum atomic E-state index is -1.40. The standard InChI is InChI=1S/C18H14ClFN4O5/c1-18(10-2-4-11(19)5-3-10)16(26)23(17(27)22-18)9-15(25)21-13-7-6-12(20)8-14(13)24(28)29/h2-8H,9H2,1H3,(H,21,25)(H,22,27). The number of carbonyl (C=O) groups excluding carboxylic acids is 3. The Bertz CT molecular complexity index is 1030. The van der Waals surface area contributed by atoms with E-state index in [4.69, 9.17) is 11.6 Å². The molecule has 1 fully saturated rings. The second-order valence-corrected chi connectivity index (χ2v) is 6.86. The zero-order valence-electron chi connectivity index (χ0n) is 14.9. The second-order valence-electron chi connectivity index (χ2n) is 6.42. The fraction of sp³-hybridized carbons (Fsp3) is 0.167. The van der Waals surface area contributed by atoms with Crippen LogP contribution in [0.4, 0.5) is 20.6 Å². The van der Waals surface area contributed by atoms with Crippen LogP contribution in [-0.4, -0.2) is 34.2 Å². The van der Waals surface area contributed by atoms with Gasteiger partial charge in [0, 0.05) is 5.02 Å². The van der Waals surface area contributed by atoms with Gasteiger partial charge in [0.2, 0.25) is 5.91 Å². The van der Waals surface area contributed by atoms with Gasteiger partial charge in [0.05, 0.1) is 11.0 Å². The van der Waals surface area contributed by atoms with Crippen LogP contribution in [0.5, 0.6) is 0 Å². The lowest BCUT2D eigenvalue weighted by Crippen LogP contribution is -2.42. The first-order valence-corrected chi connectivity index (χ1v) is 8.63. The molecule has 11 heteroatoms. The predicted molar refractivity (Wildman–Crippen MR) is 101 cm³/mol. The minimum absolute atomic E-state index is 0.256. The van der Waals surface area contributed by atoms with Gasteiger partial charge in [-0.3, -0.25) is 24.6 Å². The molecule has 1 atom stereocenters. The first kappa shape index (κ1) is 20.2. The Hall–Kier alpha value is -3.53. The van der Waals surface area contributed by atoms with Gasteiger partial charge >= 0.3 is 6.03 Å². The second kappa shape index (κ2) is 7.47. The number of amides is 4. The molecule has 0 radical (unpaired) electrons. The van der Waals surface area contributed by atoms with Crippen LogP contribution < -0.4 is 10.6 Å². The molecule has 1 heterocycles. The summed E-state index contributed by atoms with van der Waals surface area (Å²) in [7, 11) is 0. The molecular formula is C18H14ClFN4O5. The third-order valence-corrected chi connectivity index (χ3v) is 4.68. The highest BCUT2D eigenvalue weighted by molar-refractivity contribution is 6.30. The number of urea groups is 1. The van der Waals surface area contributed by atoms with Crippen LogP contribution in [0.25, 0.3) is 0 Å². The summed E-state index contributed by atoms with van der Waals surface area (Å²) >= 11 is 5.84. The van der Waals surface area contributed by atoms with E-state index < -0.39 is 46.4 Å². The number of nitrogens with zero attached hydrogens (tertiary/aromatic N) is 2. The SMILES string of the molecule is CC1(c2ccc(Cl)cc2)NC(=O)N(CC(=O)Nc2ccc(F)cc2[N+](=O)[O-])C1=O. The van der Waals surface area contributed by atoms with E-state index in [1.807, 2.05) is 0 Å². The van der Waals surface area contributed by atoms with Crippen molar-refractivity contribution in [1.82, 2.24) is 10.2 Å². The summed E-state index contributed by atoms with van der Waals surface area (Å²) in [6.45, 7) is 0.807. The molecule has 0 saturated carbocycles. The van der Waals surface area contributed by atoms with Gasteiger partial charge in [0.1, 0.15) is 23.6 Å². The minimum Gasteiger partial charge on any atom is -0.319 e. The third kappa shape index (κ3) is 3.87. The van der Waals surface area contributed by atoms with Crippen molar-refractivity contribution in [2.45, 2.75) is 12.5 Å². The molecule has 150 valence electrons. The van der Waals surface area contributed by atoms with Gasteiger partial charge < -0.3 is 10.6 Å². The molecule has 1 aliphatic heterocycles.